The van der Waals surface area contributed by atoms with Gasteiger partial charge < -0.3 is 9.26 Å². The minimum Gasteiger partial charge on any atom is -0.371 e. The van der Waals surface area contributed by atoms with Crippen LogP contribution in [0.2, 0.25) is 0 Å². The predicted octanol–water partition coefficient (Wildman–Crippen LogP) is 2.04. The molecule has 0 aliphatic rings. The fraction of sp³-hybridized carbons (Fsp3) is 0.727. The van der Waals surface area contributed by atoms with Crippen molar-refractivity contribution in [2.75, 3.05) is 7.11 Å². The molecule has 1 heterocycles. The van der Waals surface area contributed by atoms with Gasteiger partial charge in [0.15, 0.2) is 0 Å². The summed E-state index contributed by atoms with van der Waals surface area (Å²) < 4.78 is 10.4. The number of hydrogen-bond acceptors (Lipinski definition) is 5. The number of rotatable bonds is 5. The first-order chi connectivity index (χ1) is 7.49. The van der Waals surface area contributed by atoms with E-state index in [0.29, 0.717) is 24.6 Å². The van der Waals surface area contributed by atoms with Crippen LogP contribution in [-0.2, 0) is 16.8 Å². The molecular formula is C11H17N3O2. The van der Waals surface area contributed by atoms with Crippen molar-refractivity contribution in [2.24, 2.45) is 5.92 Å². The Kier molecular flexibility index (Phi) is 4.02. The predicted molar refractivity (Wildman–Crippen MR) is 57.4 cm³/mol. The second-order valence-electron chi connectivity index (χ2n) is 4.40. The first kappa shape index (κ1) is 12.7. The molecule has 1 unspecified atom stereocenters. The number of hydrogen-bond donors (Lipinski definition) is 0. The summed E-state index contributed by atoms with van der Waals surface area (Å²) in [6.45, 7) is 5.73. The maximum atomic E-state index is 8.55. The molecule has 0 aliphatic carbocycles. The van der Waals surface area contributed by atoms with E-state index >= 15 is 0 Å². The number of methoxy groups -OCH3 is 1. The molecule has 5 heteroatoms. The van der Waals surface area contributed by atoms with Gasteiger partial charge in [0, 0.05) is 20.0 Å². The first-order valence-electron chi connectivity index (χ1n) is 5.24. The summed E-state index contributed by atoms with van der Waals surface area (Å²) in [5, 5.41) is 12.4. The molecule has 88 valence electrons. The third-order valence-corrected chi connectivity index (χ3v) is 2.48. The van der Waals surface area contributed by atoms with Gasteiger partial charge in [-0.25, -0.2) is 0 Å². The van der Waals surface area contributed by atoms with E-state index in [1.54, 1.807) is 7.11 Å². The summed E-state index contributed by atoms with van der Waals surface area (Å²) in [5.41, 5.74) is -0.541. The standard InChI is InChI=1S/C11H17N3O2/c1-8(5-6-12)7-9-13-10(14-16-9)11(2,3)15-4/h8H,5,7H2,1-4H3. The Hall–Kier alpha value is -1.41. The van der Waals surface area contributed by atoms with Crippen LogP contribution in [-0.4, -0.2) is 17.3 Å². The highest BCUT2D eigenvalue weighted by Gasteiger charge is 2.26. The molecule has 0 aliphatic heterocycles. The highest BCUT2D eigenvalue weighted by atomic mass is 16.5. The third kappa shape index (κ3) is 3.04. The molecule has 1 rings (SSSR count). The zero-order valence-electron chi connectivity index (χ0n) is 10.1. The Bertz CT molecular complexity index is 379. The first-order valence-corrected chi connectivity index (χ1v) is 5.24. The van der Waals surface area contributed by atoms with Crippen molar-refractivity contribution in [1.29, 1.82) is 5.26 Å². The molecular weight excluding hydrogens is 206 g/mol. The SMILES string of the molecule is COC(C)(C)c1noc(CC(C)CC#N)n1. The summed E-state index contributed by atoms with van der Waals surface area (Å²) >= 11 is 0. The van der Waals surface area contributed by atoms with E-state index in [-0.39, 0.29) is 5.92 Å². The average Bonchev–Trinajstić information content (AvgIpc) is 2.67. The largest absolute Gasteiger partial charge is 0.371 e. The highest BCUT2D eigenvalue weighted by molar-refractivity contribution is 4.97. The molecule has 0 saturated carbocycles. The van der Waals surface area contributed by atoms with E-state index in [9.17, 15) is 0 Å². The van der Waals surface area contributed by atoms with Gasteiger partial charge >= 0.3 is 0 Å². The number of nitrogens with zero attached hydrogens (tertiary/aromatic N) is 3. The van der Waals surface area contributed by atoms with Gasteiger partial charge in [0.25, 0.3) is 0 Å². The summed E-state index contributed by atoms with van der Waals surface area (Å²) in [5.74, 6) is 1.32. The lowest BCUT2D eigenvalue weighted by atomic mass is 10.1. The van der Waals surface area contributed by atoms with E-state index in [4.69, 9.17) is 14.5 Å². The lowest BCUT2D eigenvalue weighted by molar-refractivity contribution is 0.00973. The smallest absolute Gasteiger partial charge is 0.227 e. The molecule has 0 bridgehead atoms. The molecule has 0 radical (unpaired) electrons. The van der Waals surface area contributed by atoms with Crippen LogP contribution in [0.15, 0.2) is 4.52 Å². The minimum absolute atomic E-state index is 0.226. The summed E-state index contributed by atoms with van der Waals surface area (Å²) in [4.78, 5) is 4.26. The van der Waals surface area contributed by atoms with Gasteiger partial charge in [-0.1, -0.05) is 12.1 Å². The fourth-order valence-electron chi connectivity index (χ4n) is 1.20. The van der Waals surface area contributed by atoms with E-state index in [1.807, 2.05) is 20.8 Å². The van der Waals surface area contributed by atoms with Gasteiger partial charge in [-0.15, -0.1) is 0 Å². The Balaban J connectivity index is 2.69. The Labute approximate surface area is 95.4 Å². The van der Waals surface area contributed by atoms with Crippen LogP contribution in [0.5, 0.6) is 0 Å². The summed E-state index contributed by atoms with van der Waals surface area (Å²) in [6, 6.07) is 2.12. The normalized spacial score (nSPS) is 13.4. The van der Waals surface area contributed by atoms with Crippen LogP contribution in [0.4, 0.5) is 0 Å². The molecule has 5 nitrogen and oxygen atoms in total. The molecule has 0 aromatic carbocycles. The van der Waals surface area contributed by atoms with Crippen LogP contribution in [0.3, 0.4) is 0 Å². The van der Waals surface area contributed by atoms with E-state index in [1.165, 1.54) is 0 Å². The van der Waals surface area contributed by atoms with Gasteiger partial charge in [0.05, 0.1) is 6.07 Å². The van der Waals surface area contributed by atoms with Crippen LogP contribution in [0.25, 0.3) is 0 Å². The van der Waals surface area contributed by atoms with Gasteiger partial charge in [-0.05, 0) is 19.8 Å². The Morgan fingerprint density at radius 2 is 2.25 bits per heavy atom. The molecule has 0 saturated heterocycles. The monoisotopic (exact) mass is 223 g/mol. The van der Waals surface area contributed by atoms with Crippen LogP contribution in [0.1, 0.15) is 38.9 Å². The zero-order valence-corrected chi connectivity index (χ0v) is 10.1. The number of ether oxygens (including phenoxy) is 1. The van der Waals surface area contributed by atoms with E-state index in [2.05, 4.69) is 16.2 Å². The van der Waals surface area contributed by atoms with Crippen molar-refractivity contribution in [3.8, 4) is 6.07 Å². The minimum atomic E-state index is -0.541. The molecule has 0 fully saturated rings. The molecule has 1 aromatic rings. The summed E-state index contributed by atoms with van der Waals surface area (Å²) in [6.07, 6.45) is 1.12. The maximum absolute atomic E-state index is 8.55. The van der Waals surface area contributed by atoms with Gasteiger partial charge in [0.1, 0.15) is 5.60 Å². The van der Waals surface area contributed by atoms with Crippen molar-refractivity contribution >= 4 is 0 Å². The van der Waals surface area contributed by atoms with Gasteiger partial charge in [-0.3, -0.25) is 0 Å². The van der Waals surface area contributed by atoms with E-state index < -0.39 is 5.60 Å². The van der Waals surface area contributed by atoms with Crippen molar-refractivity contribution in [1.82, 2.24) is 10.1 Å². The quantitative estimate of drug-likeness (QED) is 0.763. The van der Waals surface area contributed by atoms with Crippen LogP contribution < -0.4 is 0 Å². The second-order valence-corrected chi connectivity index (χ2v) is 4.40. The molecule has 16 heavy (non-hydrogen) atoms. The second kappa shape index (κ2) is 5.08. The number of nitriles is 1. The van der Waals surface area contributed by atoms with Crippen LogP contribution >= 0.6 is 0 Å². The fourth-order valence-corrected chi connectivity index (χ4v) is 1.20. The lowest BCUT2D eigenvalue weighted by Crippen LogP contribution is -2.21. The van der Waals surface area contributed by atoms with Crippen LogP contribution in [0, 0.1) is 17.2 Å². The summed E-state index contributed by atoms with van der Waals surface area (Å²) in [7, 11) is 1.61. The highest BCUT2D eigenvalue weighted by Crippen LogP contribution is 2.21. The lowest BCUT2D eigenvalue weighted by Gasteiger charge is -2.17. The van der Waals surface area contributed by atoms with Gasteiger partial charge in [-0.2, -0.15) is 10.2 Å². The van der Waals surface area contributed by atoms with Crippen molar-refractivity contribution in [3.63, 3.8) is 0 Å². The molecule has 0 N–H and O–H groups in total. The van der Waals surface area contributed by atoms with E-state index in [0.717, 1.165) is 0 Å². The van der Waals surface area contributed by atoms with Crippen molar-refractivity contribution in [2.45, 2.75) is 39.2 Å². The van der Waals surface area contributed by atoms with Crippen molar-refractivity contribution in [3.05, 3.63) is 11.7 Å². The van der Waals surface area contributed by atoms with Gasteiger partial charge in [0.2, 0.25) is 11.7 Å². The maximum Gasteiger partial charge on any atom is 0.227 e. The molecule has 0 spiro atoms. The average molecular weight is 223 g/mol. The zero-order chi connectivity index (χ0) is 12.2. The topological polar surface area (TPSA) is 71.9 Å². The Morgan fingerprint density at radius 1 is 1.56 bits per heavy atom. The Morgan fingerprint density at radius 3 is 2.81 bits per heavy atom. The van der Waals surface area contributed by atoms with Crippen molar-refractivity contribution < 1.29 is 9.26 Å². The third-order valence-electron chi connectivity index (χ3n) is 2.48. The number of aromatic nitrogens is 2. The molecule has 1 aromatic heterocycles. The molecule has 0 amide bonds. The molecule has 1 atom stereocenters.